The minimum Gasteiger partial charge on any atom is -0.481 e. The summed E-state index contributed by atoms with van der Waals surface area (Å²) in [5.41, 5.74) is 1.09. The highest BCUT2D eigenvalue weighted by Crippen LogP contribution is 2.29. The first-order valence-corrected chi connectivity index (χ1v) is 6.62. The summed E-state index contributed by atoms with van der Waals surface area (Å²) in [7, 11) is 1.66. The largest absolute Gasteiger partial charge is 0.481 e. The van der Waals surface area contributed by atoms with Crippen LogP contribution in [0.1, 0.15) is 24.8 Å². The molecular formula is C15H20O4. The van der Waals surface area contributed by atoms with Crippen molar-refractivity contribution < 1.29 is 19.4 Å². The molecule has 1 N–H and O–H groups in total. The van der Waals surface area contributed by atoms with Crippen molar-refractivity contribution in [2.24, 2.45) is 5.92 Å². The van der Waals surface area contributed by atoms with E-state index in [4.69, 9.17) is 14.6 Å². The van der Waals surface area contributed by atoms with Crippen LogP contribution in [-0.2, 0) is 20.9 Å². The zero-order valence-corrected chi connectivity index (χ0v) is 11.1. The van der Waals surface area contributed by atoms with E-state index in [1.54, 1.807) is 7.11 Å². The van der Waals surface area contributed by atoms with Crippen molar-refractivity contribution in [2.75, 3.05) is 7.11 Å². The number of aliphatic carboxylic acids is 1. The normalized spacial score (nSPS) is 27.1. The molecule has 1 fully saturated rings. The molecule has 1 saturated carbocycles. The molecule has 3 unspecified atom stereocenters. The van der Waals surface area contributed by atoms with Crippen LogP contribution >= 0.6 is 0 Å². The van der Waals surface area contributed by atoms with Gasteiger partial charge in [-0.3, -0.25) is 4.79 Å². The number of carboxylic acid groups (broad SMARTS) is 1. The maximum absolute atomic E-state index is 11.1. The third-order valence-electron chi connectivity index (χ3n) is 3.69. The summed E-state index contributed by atoms with van der Waals surface area (Å²) in [6, 6.07) is 9.89. The van der Waals surface area contributed by atoms with Crippen molar-refractivity contribution in [3.05, 3.63) is 35.9 Å². The zero-order valence-electron chi connectivity index (χ0n) is 11.1. The summed E-state index contributed by atoms with van der Waals surface area (Å²) in [5.74, 6) is -1.05. The SMILES string of the molecule is COC1CCC(C(=O)O)CC1OCc1ccccc1. The van der Waals surface area contributed by atoms with Gasteiger partial charge in [0.25, 0.3) is 0 Å². The van der Waals surface area contributed by atoms with Gasteiger partial charge < -0.3 is 14.6 Å². The van der Waals surface area contributed by atoms with E-state index in [1.165, 1.54) is 0 Å². The first kappa shape index (κ1) is 14.0. The highest BCUT2D eigenvalue weighted by atomic mass is 16.5. The first-order chi connectivity index (χ1) is 9.20. The summed E-state index contributed by atoms with van der Waals surface area (Å²) in [6.45, 7) is 0.498. The van der Waals surface area contributed by atoms with Gasteiger partial charge in [-0.25, -0.2) is 0 Å². The zero-order chi connectivity index (χ0) is 13.7. The van der Waals surface area contributed by atoms with E-state index in [2.05, 4.69) is 0 Å². The van der Waals surface area contributed by atoms with Gasteiger partial charge in [-0.1, -0.05) is 30.3 Å². The number of benzene rings is 1. The monoisotopic (exact) mass is 264 g/mol. The molecule has 1 aliphatic carbocycles. The number of hydrogen-bond donors (Lipinski definition) is 1. The number of ether oxygens (including phenoxy) is 2. The Bertz CT molecular complexity index is 404. The molecule has 19 heavy (non-hydrogen) atoms. The van der Waals surface area contributed by atoms with Gasteiger partial charge >= 0.3 is 5.97 Å². The molecule has 0 amide bonds. The molecule has 4 heteroatoms. The Hall–Kier alpha value is -1.39. The Morgan fingerprint density at radius 2 is 2.00 bits per heavy atom. The highest BCUT2D eigenvalue weighted by molar-refractivity contribution is 5.70. The lowest BCUT2D eigenvalue weighted by molar-refractivity contribution is -0.150. The van der Waals surface area contributed by atoms with Crippen LogP contribution in [0, 0.1) is 5.92 Å². The van der Waals surface area contributed by atoms with Crippen LogP contribution in [0.4, 0.5) is 0 Å². The van der Waals surface area contributed by atoms with E-state index in [0.717, 1.165) is 12.0 Å². The number of hydrogen-bond acceptors (Lipinski definition) is 3. The molecule has 1 aliphatic rings. The maximum atomic E-state index is 11.1. The van der Waals surface area contributed by atoms with E-state index in [-0.39, 0.29) is 18.1 Å². The molecule has 0 aromatic heterocycles. The van der Waals surface area contributed by atoms with Crippen molar-refractivity contribution in [1.82, 2.24) is 0 Å². The van der Waals surface area contributed by atoms with E-state index in [0.29, 0.717) is 19.4 Å². The van der Waals surface area contributed by atoms with E-state index in [1.807, 2.05) is 30.3 Å². The lowest BCUT2D eigenvalue weighted by Crippen LogP contribution is -2.39. The Morgan fingerprint density at radius 3 is 2.63 bits per heavy atom. The summed E-state index contributed by atoms with van der Waals surface area (Å²) in [6.07, 6.45) is 1.80. The van der Waals surface area contributed by atoms with Crippen LogP contribution in [0.5, 0.6) is 0 Å². The van der Waals surface area contributed by atoms with Gasteiger partial charge in [0.15, 0.2) is 0 Å². The molecule has 0 saturated heterocycles. The average molecular weight is 264 g/mol. The molecule has 1 aromatic rings. The van der Waals surface area contributed by atoms with Crippen molar-refractivity contribution >= 4 is 5.97 Å². The first-order valence-electron chi connectivity index (χ1n) is 6.62. The second-order valence-electron chi connectivity index (χ2n) is 4.96. The van der Waals surface area contributed by atoms with Gasteiger partial charge in [-0.2, -0.15) is 0 Å². The number of carboxylic acids is 1. The highest BCUT2D eigenvalue weighted by Gasteiger charge is 2.34. The average Bonchev–Trinajstić information content (AvgIpc) is 2.45. The van der Waals surface area contributed by atoms with Crippen LogP contribution < -0.4 is 0 Å². The Morgan fingerprint density at radius 1 is 1.26 bits per heavy atom. The van der Waals surface area contributed by atoms with Gasteiger partial charge in [-0.05, 0) is 24.8 Å². The third-order valence-corrected chi connectivity index (χ3v) is 3.69. The molecular weight excluding hydrogens is 244 g/mol. The van der Waals surface area contributed by atoms with Crippen LogP contribution in [0.15, 0.2) is 30.3 Å². The second-order valence-corrected chi connectivity index (χ2v) is 4.96. The molecule has 0 heterocycles. The number of methoxy groups -OCH3 is 1. The lowest BCUT2D eigenvalue weighted by Gasteiger charge is -2.33. The molecule has 0 spiro atoms. The fourth-order valence-corrected chi connectivity index (χ4v) is 2.55. The Labute approximate surface area is 113 Å². The molecule has 1 aromatic carbocycles. The minimum atomic E-state index is -0.733. The van der Waals surface area contributed by atoms with Gasteiger partial charge in [-0.15, -0.1) is 0 Å². The van der Waals surface area contributed by atoms with E-state index < -0.39 is 5.97 Å². The van der Waals surface area contributed by atoms with Gasteiger partial charge in [0.1, 0.15) is 0 Å². The fourth-order valence-electron chi connectivity index (χ4n) is 2.55. The summed E-state index contributed by atoms with van der Waals surface area (Å²) in [4.78, 5) is 11.1. The van der Waals surface area contributed by atoms with Crippen molar-refractivity contribution in [3.8, 4) is 0 Å². The molecule has 2 rings (SSSR count). The van der Waals surface area contributed by atoms with Crippen LogP contribution in [0.3, 0.4) is 0 Å². The van der Waals surface area contributed by atoms with Crippen molar-refractivity contribution in [3.63, 3.8) is 0 Å². The number of carbonyl (C=O) groups is 1. The van der Waals surface area contributed by atoms with Gasteiger partial charge in [0.2, 0.25) is 0 Å². The summed E-state index contributed by atoms with van der Waals surface area (Å²) < 4.78 is 11.3. The topological polar surface area (TPSA) is 55.8 Å². The van der Waals surface area contributed by atoms with Crippen molar-refractivity contribution in [1.29, 1.82) is 0 Å². The smallest absolute Gasteiger partial charge is 0.306 e. The fraction of sp³-hybridized carbons (Fsp3) is 0.533. The van der Waals surface area contributed by atoms with E-state index in [9.17, 15) is 4.79 Å². The van der Waals surface area contributed by atoms with Gasteiger partial charge in [0.05, 0.1) is 24.7 Å². The molecule has 0 bridgehead atoms. The minimum absolute atomic E-state index is 0.000637. The molecule has 0 radical (unpaired) electrons. The van der Waals surface area contributed by atoms with Crippen LogP contribution in [0.25, 0.3) is 0 Å². The van der Waals surface area contributed by atoms with E-state index >= 15 is 0 Å². The van der Waals surface area contributed by atoms with Crippen LogP contribution in [-0.4, -0.2) is 30.4 Å². The Kier molecular flexibility index (Phi) is 4.93. The van der Waals surface area contributed by atoms with Crippen molar-refractivity contribution in [2.45, 2.75) is 38.1 Å². The number of rotatable bonds is 5. The molecule has 4 nitrogen and oxygen atoms in total. The second kappa shape index (κ2) is 6.68. The van der Waals surface area contributed by atoms with Gasteiger partial charge in [0, 0.05) is 7.11 Å². The lowest BCUT2D eigenvalue weighted by atomic mass is 9.85. The third kappa shape index (κ3) is 3.78. The molecule has 104 valence electrons. The molecule has 0 aliphatic heterocycles. The van der Waals surface area contributed by atoms with Crippen LogP contribution in [0.2, 0.25) is 0 Å². The summed E-state index contributed by atoms with van der Waals surface area (Å²) in [5, 5.41) is 9.10. The Balaban J connectivity index is 1.93. The maximum Gasteiger partial charge on any atom is 0.306 e. The summed E-state index contributed by atoms with van der Waals surface area (Å²) >= 11 is 0. The predicted molar refractivity (Wildman–Crippen MR) is 70.8 cm³/mol. The quantitative estimate of drug-likeness (QED) is 0.887. The predicted octanol–water partition coefficient (Wildman–Crippen LogP) is 2.47. The standard InChI is InChI=1S/C15H20O4/c1-18-13-8-7-12(15(16)17)9-14(13)19-10-11-5-3-2-4-6-11/h2-6,12-14H,7-10H2,1H3,(H,16,17). The molecule has 3 atom stereocenters.